The van der Waals surface area contributed by atoms with Gasteiger partial charge in [0.1, 0.15) is 0 Å². The topological polar surface area (TPSA) is 53.9 Å². The number of likely N-dealkylation sites (N-methyl/N-ethyl adjacent to an activating group) is 2. The maximum Gasteiger partial charge on any atom is 0.278 e. The molecule has 2 N–H and O–H groups in total. The first kappa shape index (κ1) is 16.5. The van der Waals surface area contributed by atoms with Crippen LogP contribution in [-0.2, 0) is 9.59 Å². The van der Waals surface area contributed by atoms with Crippen LogP contribution in [0.2, 0.25) is 0 Å². The third-order valence-electron chi connectivity index (χ3n) is 4.11. The molecule has 1 aliphatic carbocycles. The molecule has 2 rings (SSSR count). The van der Waals surface area contributed by atoms with E-state index < -0.39 is 0 Å². The van der Waals surface area contributed by atoms with Crippen molar-refractivity contribution in [2.75, 3.05) is 27.2 Å². The van der Waals surface area contributed by atoms with E-state index in [2.05, 4.69) is 5.32 Å². The molecule has 5 nitrogen and oxygen atoms in total. The number of rotatable bonds is 7. The first-order valence-electron chi connectivity index (χ1n) is 7.88. The van der Waals surface area contributed by atoms with Gasteiger partial charge in [0.2, 0.25) is 0 Å². The Hall–Kier alpha value is -1.88. The summed E-state index contributed by atoms with van der Waals surface area (Å²) in [5.41, 5.74) is 1.11. The molecule has 1 unspecified atom stereocenters. The summed E-state index contributed by atoms with van der Waals surface area (Å²) in [6, 6.07) is 10.4. The van der Waals surface area contributed by atoms with Crippen LogP contribution in [0.3, 0.4) is 0 Å². The zero-order valence-electron chi connectivity index (χ0n) is 13.6. The molecule has 0 heterocycles. The number of nitrogens with one attached hydrogen (secondary N) is 2. The lowest BCUT2D eigenvalue weighted by Crippen LogP contribution is -3.11. The number of benzene rings is 1. The quantitative estimate of drug-likeness (QED) is 0.745. The smallest absolute Gasteiger partial charge is 0.278 e. The summed E-state index contributed by atoms with van der Waals surface area (Å²) in [4.78, 5) is 26.8. The molecule has 1 aromatic rings. The lowest BCUT2D eigenvalue weighted by Gasteiger charge is -2.26. The van der Waals surface area contributed by atoms with Gasteiger partial charge in [-0.15, -0.1) is 0 Å². The van der Waals surface area contributed by atoms with Gasteiger partial charge < -0.3 is 15.1 Å². The maximum absolute atomic E-state index is 12.4. The highest BCUT2D eigenvalue weighted by molar-refractivity contribution is 5.79. The van der Waals surface area contributed by atoms with Crippen molar-refractivity contribution in [3.63, 3.8) is 0 Å². The van der Waals surface area contributed by atoms with Crippen molar-refractivity contribution in [3.05, 3.63) is 35.9 Å². The van der Waals surface area contributed by atoms with E-state index in [1.165, 1.54) is 0 Å². The Labute approximate surface area is 132 Å². The van der Waals surface area contributed by atoms with Gasteiger partial charge in [-0.3, -0.25) is 9.59 Å². The van der Waals surface area contributed by atoms with Crippen molar-refractivity contribution < 1.29 is 14.5 Å². The van der Waals surface area contributed by atoms with E-state index in [-0.39, 0.29) is 17.9 Å². The van der Waals surface area contributed by atoms with Gasteiger partial charge in [-0.2, -0.15) is 0 Å². The SMILES string of the molecule is C[C@@H](c1ccccc1)N(C)C(=O)C[NH+](C)CC(=O)NC1CC1. The molecule has 0 saturated heterocycles. The van der Waals surface area contributed by atoms with Crippen molar-refractivity contribution in [1.29, 1.82) is 0 Å². The number of carbonyl (C=O) groups excluding carboxylic acids is 2. The van der Waals surface area contributed by atoms with E-state index in [9.17, 15) is 9.59 Å². The van der Waals surface area contributed by atoms with Crippen molar-refractivity contribution >= 4 is 11.8 Å². The zero-order valence-corrected chi connectivity index (χ0v) is 13.6. The summed E-state index contributed by atoms with van der Waals surface area (Å²) < 4.78 is 0. The molecule has 0 radical (unpaired) electrons. The average Bonchev–Trinajstić information content (AvgIpc) is 3.30. The summed E-state index contributed by atoms with van der Waals surface area (Å²) in [6.07, 6.45) is 2.17. The number of quaternary nitrogens is 1. The molecule has 1 saturated carbocycles. The third kappa shape index (κ3) is 4.84. The fourth-order valence-corrected chi connectivity index (χ4v) is 2.40. The molecule has 0 spiro atoms. The van der Waals surface area contributed by atoms with Crippen LogP contribution in [0.15, 0.2) is 30.3 Å². The van der Waals surface area contributed by atoms with Gasteiger partial charge in [-0.05, 0) is 25.3 Å². The third-order valence-corrected chi connectivity index (χ3v) is 4.11. The standard InChI is InChI=1S/C17H25N3O2/c1-13(14-7-5-4-6-8-14)20(3)17(22)12-19(2)11-16(21)18-15-9-10-15/h4-8,13,15H,9-12H2,1-3H3,(H,18,21)/p+1/t13-/m0/s1. The van der Waals surface area contributed by atoms with Crippen LogP contribution >= 0.6 is 0 Å². The molecule has 0 bridgehead atoms. The van der Waals surface area contributed by atoms with E-state index in [1.54, 1.807) is 4.90 Å². The summed E-state index contributed by atoms with van der Waals surface area (Å²) >= 11 is 0. The molecule has 22 heavy (non-hydrogen) atoms. The molecule has 1 aliphatic rings. The second kappa shape index (κ2) is 7.40. The van der Waals surface area contributed by atoms with Crippen LogP contribution < -0.4 is 10.2 Å². The van der Waals surface area contributed by atoms with Gasteiger partial charge in [-0.1, -0.05) is 30.3 Å². The monoisotopic (exact) mass is 304 g/mol. The highest BCUT2D eigenvalue weighted by Gasteiger charge is 2.26. The van der Waals surface area contributed by atoms with E-state index in [0.717, 1.165) is 23.3 Å². The Morgan fingerprint density at radius 2 is 1.91 bits per heavy atom. The Morgan fingerprint density at radius 3 is 2.50 bits per heavy atom. The molecule has 0 aromatic heterocycles. The fraction of sp³-hybridized carbons (Fsp3) is 0.529. The van der Waals surface area contributed by atoms with Crippen molar-refractivity contribution in [2.24, 2.45) is 0 Å². The Bertz CT molecular complexity index is 514. The van der Waals surface area contributed by atoms with Crippen molar-refractivity contribution in [3.8, 4) is 0 Å². The minimum atomic E-state index is 0.0294. The summed E-state index contributed by atoms with van der Waals surface area (Å²) in [5.74, 6) is 0.0830. The summed E-state index contributed by atoms with van der Waals surface area (Å²) in [7, 11) is 3.70. The second-order valence-corrected chi connectivity index (χ2v) is 6.24. The van der Waals surface area contributed by atoms with Gasteiger partial charge >= 0.3 is 0 Å². The lowest BCUT2D eigenvalue weighted by atomic mass is 10.1. The molecule has 120 valence electrons. The van der Waals surface area contributed by atoms with Crippen LogP contribution in [0.25, 0.3) is 0 Å². The molecule has 2 amide bonds. The molecule has 1 fully saturated rings. The van der Waals surface area contributed by atoms with Gasteiger partial charge in [0.05, 0.1) is 13.1 Å². The zero-order chi connectivity index (χ0) is 16.1. The average molecular weight is 304 g/mol. The van der Waals surface area contributed by atoms with Crippen molar-refractivity contribution in [1.82, 2.24) is 10.2 Å². The molecule has 0 aliphatic heterocycles. The Kier molecular flexibility index (Phi) is 5.55. The number of hydrogen-bond donors (Lipinski definition) is 2. The largest absolute Gasteiger partial charge is 0.348 e. The maximum atomic E-state index is 12.4. The fourth-order valence-electron chi connectivity index (χ4n) is 2.40. The number of nitrogens with zero attached hydrogens (tertiary/aromatic N) is 1. The van der Waals surface area contributed by atoms with Crippen molar-refractivity contribution in [2.45, 2.75) is 31.8 Å². The van der Waals surface area contributed by atoms with E-state index >= 15 is 0 Å². The van der Waals surface area contributed by atoms with E-state index in [0.29, 0.717) is 19.1 Å². The predicted molar refractivity (Wildman–Crippen MR) is 85.4 cm³/mol. The van der Waals surface area contributed by atoms with Gasteiger partial charge in [0.15, 0.2) is 13.1 Å². The lowest BCUT2D eigenvalue weighted by molar-refractivity contribution is -0.863. The predicted octanol–water partition coefficient (Wildman–Crippen LogP) is -0.000700. The number of hydrogen-bond acceptors (Lipinski definition) is 2. The minimum Gasteiger partial charge on any atom is -0.348 e. The molecular weight excluding hydrogens is 278 g/mol. The van der Waals surface area contributed by atoms with Crippen LogP contribution in [0, 0.1) is 0 Å². The first-order chi connectivity index (χ1) is 10.5. The van der Waals surface area contributed by atoms with Crippen LogP contribution in [0.1, 0.15) is 31.4 Å². The van der Waals surface area contributed by atoms with E-state index in [1.807, 2.05) is 51.4 Å². The molecule has 2 atom stereocenters. The Balaban J connectivity index is 1.80. The van der Waals surface area contributed by atoms with Crippen LogP contribution in [-0.4, -0.2) is 49.9 Å². The molecule has 1 aromatic carbocycles. The molecular formula is C17H26N3O2+. The van der Waals surface area contributed by atoms with Crippen LogP contribution in [0.4, 0.5) is 0 Å². The Morgan fingerprint density at radius 1 is 1.27 bits per heavy atom. The number of amides is 2. The van der Waals surface area contributed by atoms with Gasteiger partial charge in [0.25, 0.3) is 11.8 Å². The van der Waals surface area contributed by atoms with Gasteiger partial charge in [-0.25, -0.2) is 0 Å². The number of carbonyl (C=O) groups is 2. The normalized spacial score (nSPS) is 16.7. The highest BCUT2D eigenvalue weighted by Crippen LogP contribution is 2.18. The molecule has 5 heteroatoms. The summed E-state index contributed by atoms with van der Waals surface area (Å²) in [5, 5.41) is 2.95. The summed E-state index contributed by atoms with van der Waals surface area (Å²) in [6.45, 7) is 2.68. The highest BCUT2D eigenvalue weighted by atomic mass is 16.2. The first-order valence-corrected chi connectivity index (χ1v) is 7.88. The minimum absolute atomic E-state index is 0.0294. The van der Waals surface area contributed by atoms with Gasteiger partial charge in [0, 0.05) is 13.1 Å². The van der Waals surface area contributed by atoms with E-state index in [4.69, 9.17) is 0 Å². The van der Waals surface area contributed by atoms with Crippen LogP contribution in [0.5, 0.6) is 0 Å². The second-order valence-electron chi connectivity index (χ2n) is 6.24.